The minimum absolute atomic E-state index is 0.134. The Balaban J connectivity index is 1.13. The van der Waals surface area contributed by atoms with Crippen molar-refractivity contribution < 1.29 is 9.15 Å². The first-order valence-electron chi connectivity index (χ1n) is 18.1. The third-order valence-corrected chi connectivity index (χ3v) is 11.2. The molecule has 0 amide bonds. The normalized spacial score (nSPS) is 13.0. The predicted octanol–water partition coefficient (Wildman–Crippen LogP) is 11.4. The smallest absolute Gasteiger partial charge is 0.336 e. The van der Waals surface area contributed by atoms with E-state index >= 15 is 0 Å². The fourth-order valence-corrected chi connectivity index (χ4v) is 9.00. The molecule has 2 aromatic heterocycles. The number of rotatable bonds is 3. The minimum Gasteiger partial charge on any atom is -0.458 e. The molecule has 0 saturated carbocycles. The zero-order valence-electron chi connectivity index (χ0n) is 28.5. The van der Waals surface area contributed by atoms with Gasteiger partial charge in [-0.05, 0) is 83.3 Å². The molecule has 5 heteroatoms. The van der Waals surface area contributed by atoms with Crippen molar-refractivity contribution in [3.05, 3.63) is 176 Å². The third kappa shape index (κ3) is 4.02. The van der Waals surface area contributed by atoms with Gasteiger partial charge in [0.05, 0.1) is 11.0 Å². The van der Waals surface area contributed by atoms with Crippen LogP contribution in [-0.4, -0.2) is 11.4 Å². The number of benzene rings is 8. The van der Waals surface area contributed by atoms with Crippen molar-refractivity contribution in [2.24, 2.45) is 0 Å². The zero-order valence-corrected chi connectivity index (χ0v) is 28.5. The second kappa shape index (κ2) is 10.8. The molecule has 4 heterocycles. The van der Waals surface area contributed by atoms with Gasteiger partial charge in [0, 0.05) is 55.2 Å². The number of furan rings is 1. The monoisotopic (exact) mass is 676 g/mol. The standard InChI is InChI=1S/C48H29BN2O2/c1-2-13-31(14-3-1)51-43-23-10-6-17-36(43)39-27-30(33-19-12-20-38-37-18-7-11-24-44(37)53-48(33)38)28-46-47(39)49(51)40-29-32(25-26-45(40)52-46)50-41-21-8-4-15-34(41)35-16-5-9-22-42(35)50/h1-29H. The summed E-state index contributed by atoms with van der Waals surface area (Å²) < 4.78 is 16.0. The highest BCUT2D eigenvalue weighted by Crippen LogP contribution is 2.47. The molecule has 0 saturated heterocycles. The average Bonchev–Trinajstić information content (AvgIpc) is 3.77. The molecule has 2 aliphatic heterocycles. The van der Waals surface area contributed by atoms with Gasteiger partial charge in [-0.2, -0.15) is 0 Å². The van der Waals surface area contributed by atoms with Gasteiger partial charge in [0.1, 0.15) is 22.7 Å². The Kier molecular flexibility index (Phi) is 5.83. The molecule has 12 rings (SSSR count). The van der Waals surface area contributed by atoms with Crippen LogP contribution in [0.2, 0.25) is 0 Å². The molecule has 2 aliphatic rings. The Bertz CT molecular complexity index is 3070. The van der Waals surface area contributed by atoms with Crippen molar-refractivity contribution in [3.8, 4) is 39.4 Å². The Morgan fingerprint density at radius 3 is 1.96 bits per heavy atom. The molecular formula is C48H29BN2O2. The van der Waals surface area contributed by atoms with Gasteiger partial charge in [-0.15, -0.1) is 0 Å². The highest BCUT2D eigenvalue weighted by atomic mass is 16.5. The van der Waals surface area contributed by atoms with Gasteiger partial charge in [-0.3, -0.25) is 0 Å². The summed E-state index contributed by atoms with van der Waals surface area (Å²) >= 11 is 0. The number of hydrogen-bond donors (Lipinski definition) is 0. The lowest BCUT2D eigenvalue weighted by molar-refractivity contribution is 0.487. The maximum absolute atomic E-state index is 7.04. The number of nitrogens with zero attached hydrogens (tertiary/aromatic N) is 2. The van der Waals surface area contributed by atoms with Gasteiger partial charge < -0.3 is 18.5 Å². The van der Waals surface area contributed by atoms with Crippen LogP contribution in [0.4, 0.5) is 11.4 Å². The highest BCUT2D eigenvalue weighted by molar-refractivity contribution is 6.92. The first-order chi connectivity index (χ1) is 26.3. The summed E-state index contributed by atoms with van der Waals surface area (Å²) in [5.74, 6) is 1.72. The fraction of sp³-hybridized carbons (Fsp3) is 0. The molecule has 0 atom stereocenters. The molecule has 10 aromatic rings. The van der Waals surface area contributed by atoms with Crippen LogP contribution in [0.5, 0.6) is 11.5 Å². The average molecular weight is 677 g/mol. The van der Waals surface area contributed by atoms with Crippen LogP contribution in [-0.2, 0) is 0 Å². The molecule has 53 heavy (non-hydrogen) atoms. The fourth-order valence-electron chi connectivity index (χ4n) is 9.00. The SMILES string of the molecule is c1ccc(N2B3c4cc(-n5c6ccccc6c6ccccc65)ccc4Oc4cc(-c5cccc6c5oc5ccccc56)cc(c43)-c3ccccc32)cc1. The summed E-state index contributed by atoms with van der Waals surface area (Å²) in [6.45, 7) is -0.134. The lowest BCUT2D eigenvalue weighted by Gasteiger charge is -2.42. The summed E-state index contributed by atoms with van der Waals surface area (Å²) in [6.07, 6.45) is 0. The van der Waals surface area contributed by atoms with Crippen molar-refractivity contribution in [2.45, 2.75) is 0 Å². The number of para-hydroxylation sites is 6. The van der Waals surface area contributed by atoms with Crippen LogP contribution in [0.3, 0.4) is 0 Å². The Labute approximate surface area is 305 Å². The van der Waals surface area contributed by atoms with Crippen LogP contribution in [0.25, 0.3) is 71.7 Å². The largest absolute Gasteiger partial charge is 0.458 e. The maximum Gasteiger partial charge on any atom is 0.336 e. The second-order valence-corrected chi connectivity index (χ2v) is 14.0. The summed E-state index contributed by atoms with van der Waals surface area (Å²) in [7, 11) is 0. The van der Waals surface area contributed by atoms with Crippen LogP contribution in [0.1, 0.15) is 0 Å². The summed E-state index contributed by atoms with van der Waals surface area (Å²) in [5, 5.41) is 4.72. The van der Waals surface area contributed by atoms with E-state index in [1.54, 1.807) is 0 Å². The molecule has 0 bridgehead atoms. The summed E-state index contributed by atoms with van der Waals surface area (Å²) in [5.41, 5.74) is 14.3. The molecule has 4 nitrogen and oxygen atoms in total. The van der Waals surface area contributed by atoms with Crippen molar-refractivity contribution in [1.29, 1.82) is 0 Å². The van der Waals surface area contributed by atoms with E-state index in [0.29, 0.717) is 0 Å². The highest BCUT2D eigenvalue weighted by Gasteiger charge is 2.44. The summed E-state index contributed by atoms with van der Waals surface area (Å²) in [4.78, 5) is 2.50. The number of aromatic nitrogens is 1. The van der Waals surface area contributed by atoms with Gasteiger partial charge in [0.15, 0.2) is 0 Å². The van der Waals surface area contributed by atoms with E-state index in [0.717, 1.165) is 67.1 Å². The molecule has 0 radical (unpaired) electrons. The van der Waals surface area contributed by atoms with Crippen molar-refractivity contribution in [2.75, 3.05) is 4.81 Å². The van der Waals surface area contributed by atoms with Gasteiger partial charge in [-0.1, -0.05) is 109 Å². The van der Waals surface area contributed by atoms with E-state index in [4.69, 9.17) is 9.15 Å². The molecule has 8 aromatic carbocycles. The van der Waals surface area contributed by atoms with Crippen molar-refractivity contribution in [1.82, 2.24) is 4.57 Å². The Morgan fingerprint density at radius 1 is 0.453 bits per heavy atom. The topological polar surface area (TPSA) is 30.5 Å². The van der Waals surface area contributed by atoms with Gasteiger partial charge >= 0.3 is 6.85 Å². The Morgan fingerprint density at radius 2 is 1.13 bits per heavy atom. The first-order valence-corrected chi connectivity index (χ1v) is 18.1. The predicted molar refractivity (Wildman–Crippen MR) is 219 cm³/mol. The molecular weight excluding hydrogens is 647 g/mol. The number of anilines is 2. The zero-order chi connectivity index (χ0) is 34.6. The molecule has 0 spiro atoms. The molecule has 0 N–H and O–H groups in total. The van der Waals surface area contributed by atoms with E-state index in [1.165, 1.54) is 38.4 Å². The number of ether oxygens (including phenoxy) is 1. The molecule has 0 unspecified atom stereocenters. The van der Waals surface area contributed by atoms with Crippen LogP contribution >= 0.6 is 0 Å². The second-order valence-electron chi connectivity index (χ2n) is 14.0. The van der Waals surface area contributed by atoms with Crippen LogP contribution < -0.4 is 20.5 Å². The lowest BCUT2D eigenvalue weighted by Crippen LogP contribution is -2.59. The van der Waals surface area contributed by atoms with E-state index < -0.39 is 0 Å². The molecule has 0 fully saturated rings. The van der Waals surface area contributed by atoms with E-state index in [2.05, 4.69) is 173 Å². The lowest BCUT2D eigenvalue weighted by atomic mass is 9.44. The summed E-state index contributed by atoms with van der Waals surface area (Å²) in [6, 6.07) is 62.9. The first kappa shape index (κ1) is 28.7. The molecule has 246 valence electrons. The van der Waals surface area contributed by atoms with Gasteiger partial charge in [-0.25, -0.2) is 0 Å². The van der Waals surface area contributed by atoms with Crippen LogP contribution in [0, 0.1) is 0 Å². The molecule has 0 aliphatic carbocycles. The van der Waals surface area contributed by atoms with Gasteiger partial charge in [0.25, 0.3) is 0 Å². The third-order valence-electron chi connectivity index (χ3n) is 11.2. The van der Waals surface area contributed by atoms with E-state index in [1.807, 2.05) is 12.1 Å². The van der Waals surface area contributed by atoms with Crippen molar-refractivity contribution >= 4 is 72.9 Å². The van der Waals surface area contributed by atoms with Crippen LogP contribution in [0.15, 0.2) is 180 Å². The van der Waals surface area contributed by atoms with E-state index in [9.17, 15) is 0 Å². The maximum atomic E-state index is 7.04. The minimum atomic E-state index is -0.134. The van der Waals surface area contributed by atoms with Crippen molar-refractivity contribution in [3.63, 3.8) is 0 Å². The van der Waals surface area contributed by atoms with Gasteiger partial charge in [0.2, 0.25) is 0 Å². The number of hydrogen-bond acceptors (Lipinski definition) is 3. The number of fused-ring (bicyclic) bond motifs is 10. The van der Waals surface area contributed by atoms with E-state index in [-0.39, 0.29) is 6.85 Å². The quantitative estimate of drug-likeness (QED) is 0.175. The Hall–Kier alpha value is -6.98.